The lowest BCUT2D eigenvalue weighted by molar-refractivity contribution is 0.438. The Morgan fingerprint density at radius 1 is 0.778 bits per heavy atom. The number of benzene rings is 2. The Balaban J connectivity index is 2.56. The van der Waals surface area contributed by atoms with Gasteiger partial charge in [0.2, 0.25) is 0 Å². The van der Waals surface area contributed by atoms with Crippen LogP contribution < -0.4 is 0 Å². The molecule has 0 amide bonds. The van der Waals surface area contributed by atoms with Crippen LogP contribution in [0.2, 0.25) is 0 Å². The van der Waals surface area contributed by atoms with E-state index in [-0.39, 0.29) is 5.41 Å². The van der Waals surface area contributed by atoms with Crippen molar-refractivity contribution < 1.29 is 10.2 Å². The largest absolute Gasteiger partial charge is 0.507 e. The minimum atomic E-state index is -0.125. The lowest BCUT2D eigenvalue weighted by atomic mass is 9.82. The van der Waals surface area contributed by atoms with E-state index in [9.17, 15) is 10.2 Å². The number of hydrogen-bond acceptors (Lipinski definition) is 2. The van der Waals surface area contributed by atoms with Gasteiger partial charge in [-0.3, -0.25) is 0 Å². The molecule has 2 rings (SSSR count). The molecule has 2 heteroatoms. The van der Waals surface area contributed by atoms with Gasteiger partial charge in [-0.1, -0.05) is 72.7 Å². The van der Waals surface area contributed by atoms with Crippen molar-refractivity contribution in [3.05, 3.63) is 57.6 Å². The summed E-state index contributed by atoms with van der Waals surface area (Å²) < 4.78 is 0. The molecule has 0 aliphatic rings. The fourth-order valence-electron chi connectivity index (χ4n) is 3.64. The number of hydrogen-bond donors (Lipinski definition) is 2. The molecule has 0 spiro atoms. The maximum Gasteiger partial charge on any atom is 0.122 e. The van der Waals surface area contributed by atoms with Gasteiger partial charge >= 0.3 is 0 Å². The molecule has 148 valence electrons. The molecule has 0 bridgehead atoms. The number of aromatic hydroxyl groups is 2. The maximum absolute atomic E-state index is 11.0. The summed E-state index contributed by atoms with van der Waals surface area (Å²) in [6.45, 7) is 15.0. The Morgan fingerprint density at radius 2 is 1.26 bits per heavy atom. The average molecular weight is 369 g/mol. The molecule has 0 aliphatic heterocycles. The van der Waals surface area contributed by atoms with Crippen molar-refractivity contribution in [3.8, 4) is 11.5 Å². The van der Waals surface area contributed by atoms with Gasteiger partial charge in [0, 0.05) is 6.42 Å². The molecule has 2 aromatic rings. The molecule has 27 heavy (non-hydrogen) atoms. The molecule has 2 aromatic carbocycles. The Hall–Kier alpha value is -1.96. The minimum Gasteiger partial charge on any atom is -0.507 e. The summed E-state index contributed by atoms with van der Waals surface area (Å²) in [4.78, 5) is 0. The number of phenols is 2. The smallest absolute Gasteiger partial charge is 0.122 e. The van der Waals surface area contributed by atoms with E-state index in [4.69, 9.17) is 0 Å². The molecular formula is C25H36O2. The van der Waals surface area contributed by atoms with E-state index in [2.05, 4.69) is 72.7 Å². The summed E-state index contributed by atoms with van der Waals surface area (Å²) >= 11 is 0. The molecule has 0 heterocycles. The van der Waals surface area contributed by atoms with Crippen molar-refractivity contribution >= 4 is 0 Å². The lowest BCUT2D eigenvalue weighted by Gasteiger charge is -2.24. The van der Waals surface area contributed by atoms with Crippen LogP contribution in [0.1, 0.15) is 81.8 Å². The van der Waals surface area contributed by atoms with E-state index in [1.165, 1.54) is 11.1 Å². The van der Waals surface area contributed by atoms with Crippen LogP contribution in [0.3, 0.4) is 0 Å². The topological polar surface area (TPSA) is 40.5 Å². The highest BCUT2D eigenvalue weighted by molar-refractivity contribution is 5.52. The molecule has 0 saturated heterocycles. The third-order valence-electron chi connectivity index (χ3n) is 5.21. The van der Waals surface area contributed by atoms with Crippen LogP contribution in [-0.4, -0.2) is 10.2 Å². The maximum atomic E-state index is 11.0. The van der Waals surface area contributed by atoms with Crippen molar-refractivity contribution in [1.29, 1.82) is 0 Å². The van der Waals surface area contributed by atoms with E-state index in [1.54, 1.807) is 0 Å². The third kappa shape index (κ3) is 5.06. The standard InChI is InChI=1S/C25H36O2/c1-8-17-11-19(10-16(3)4)23(26)20(12-17)15-21-13-18(9-2)14-22(24(21)27)25(5,6)7/h11-14,16,26-27H,8-10,15H2,1-7H3. The van der Waals surface area contributed by atoms with Gasteiger partial charge in [-0.2, -0.15) is 0 Å². The predicted molar refractivity (Wildman–Crippen MR) is 115 cm³/mol. The highest BCUT2D eigenvalue weighted by atomic mass is 16.3. The summed E-state index contributed by atoms with van der Waals surface area (Å²) in [7, 11) is 0. The first-order chi connectivity index (χ1) is 12.6. The second-order valence-electron chi connectivity index (χ2n) is 9.15. The molecule has 0 unspecified atom stereocenters. The first kappa shape index (κ1) is 21.3. The first-order valence-corrected chi connectivity index (χ1v) is 10.3. The zero-order chi connectivity index (χ0) is 20.4. The summed E-state index contributed by atoms with van der Waals surface area (Å²) in [6, 6.07) is 8.42. The van der Waals surface area contributed by atoms with Crippen molar-refractivity contribution in [3.63, 3.8) is 0 Å². The lowest BCUT2D eigenvalue weighted by Crippen LogP contribution is -2.13. The second-order valence-corrected chi connectivity index (χ2v) is 9.15. The zero-order valence-corrected chi connectivity index (χ0v) is 18.1. The highest BCUT2D eigenvalue weighted by Gasteiger charge is 2.22. The molecule has 0 atom stereocenters. The summed E-state index contributed by atoms with van der Waals surface area (Å²) in [5, 5.41) is 21.8. The van der Waals surface area contributed by atoms with Gasteiger partial charge in [-0.05, 0) is 64.0 Å². The molecule has 0 fully saturated rings. The van der Waals surface area contributed by atoms with Crippen LogP contribution in [0.5, 0.6) is 11.5 Å². The Labute approximate surface area is 165 Å². The molecule has 0 aliphatic carbocycles. The van der Waals surface area contributed by atoms with Crippen LogP contribution in [0.15, 0.2) is 24.3 Å². The Kier molecular flexibility index (Phi) is 6.62. The van der Waals surface area contributed by atoms with E-state index in [0.717, 1.165) is 41.5 Å². The molecular weight excluding hydrogens is 332 g/mol. The fourth-order valence-corrected chi connectivity index (χ4v) is 3.64. The highest BCUT2D eigenvalue weighted by Crippen LogP contribution is 2.37. The first-order valence-electron chi connectivity index (χ1n) is 10.3. The summed E-state index contributed by atoms with van der Waals surface area (Å²) in [6.07, 6.45) is 3.27. The van der Waals surface area contributed by atoms with Gasteiger partial charge in [-0.15, -0.1) is 0 Å². The van der Waals surface area contributed by atoms with Gasteiger partial charge < -0.3 is 10.2 Å². The average Bonchev–Trinajstić information content (AvgIpc) is 2.58. The fraction of sp³-hybridized carbons (Fsp3) is 0.520. The molecule has 2 nitrogen and oxygen atoms in total. The monoisotopic (exact) mass is 368 g/mol. The third-order valence-corrected chi connectivity index (χ3v) is 5.21. The van der Waals surface area contributed by atoms with E-state index >= 15 is 0 Å². The Bertz CT molecular complexity index is 795. The van der Waals surface area contributed by atoms with Crippen molar-refractivity contribution in [2.45, 2.75) is 79.6 Å². The zero-order valence-electron chi connectivity index (χ0n) is 18.1. The van der Waals surface area contributed by atoms with Crippen molar-refractivity contribution in [2.75, 3.05) is 0 Å². The van der Waals surface area contributed by atoms with Crippen LogP contribution in [-0.2, 0) is 31.1 Å². The number of rotatable bonds is 6. The van der Waals surface area contributed by atoms with Crippen LogP contribution >= 0.6 is 0 Å². The van der Waals surface area contributed by atoms with Crippen molar-refractivity contribution in [2.24, 2.45) is 5.92 Å². The van der Waals surface area contributed by atoms with E-state index in [1.807, 2.05) is 0 Å². The minimum absolute atomic E-state index is 0.125. The second kappa shape index (κ2) is 8.37. The van der Waals surface area contributed by atoms with E-state index < -0.39 is 0 Å². The predicted octanol–water partition coefficient (Wildman–Crippen LogP) is 6.31. The Morgan fingerprint density at radius 3 is 1.74 bits per heavy atom. The quantitative estimate of drug-likeness (QED) is 0.627. The molecule has 0 aromatic heterocycles. The molecule has 0 radical (unpaired) electrons. The summed E-state index contributed by atoms with van der Waals surface area (Å²) in [5.41, 5.74) is 6.14. The van der Waals surface area contributed by atoms with Gasteiger partial charge in [0.1, 0.15) is 11.5 Å². The van der Waals surface area contributed by atoms with Gasteiger partial charge in [-0.25, -0.2) is 0 Å². The van der Waals surface area contributed by atoms with Gasteiger partial charge in [0.05, 0.1) is 0 Å². The van der Waals surface area contributed by atoms with Crippen LogP contribution in [0.4, 0.5) is 0 Å². The molecule has 0 saturated carbocycles. The van der Waals surface area contributed by atoms with E-state index in [0.29, 0.717) is 23.8 Å². The molecule has 2 N–H and O–H groups in total. The summed E-state index contributed by atoms with van der Waals surface area (Å²) in [5.74, 6) is 1.24. The number of aryl methyl sites for hydroxylation is 2. The van der Waals surface area contributed by atoms with Gasteiger partial charge in [0.15, 0.2) is 0 Å². The van der Waals surface area contributed by atoms with Crippen LogP contribution in [0, 0.1) is 5.92 Å². The SMILES string of the molecule is CCc1cc(Cc2cc(CC)cc(C(C)(C)C)c2O)c(O)c(CC(C)C)c1. The van der Waals surface area contributed by atoms with Crippen LogP contribution in [0.25, 0.3) is 0 Å². The van der Waals surface area contributed by atoms with Gasteiger partial charge in [0.25, 0.3) is 0 Å². The normalized spacial score (nSPS) is 12.0. The number of phenolic OH excluding ortho intramolecular Hbond substituents is 2. The van der Waals surface area contributed by atoms with Crippen molar-refractivity contribution in [1.82, 2.24) is 0 Å².